The van der Waals surface area contributed by atoms with E-state index in [9.17, 15) is 9.90 Å². The summed E-state index contributed by atoms with van der Waals surface area (Å²) in [6.07, 6.45) is 1.61. The van der Waals surface area contributed by atoms with Gasteiger partial charge in [-0.1, -0.05) is 19.9 Å². The summed E-state index contributed by atoms with van der Waals surface area (Å²) in [4.78, 5) is 15.8. The first-order valence-corrected chi connectivity index (χ1v) is 6.59. The summed E-state index contributed by atoms with van der Waals surface area (Å²) in [6, 6.07) is 5.16. The molecule has 19 heavy (non-hydrogen) atoms. The van der Waals surface area contributed by atoms with Crippen molar-refractivity contribution in [2.75, 3.05) is 0 Å². The van der Waals surface area contributed by atoms with E-state index in [1.54, 1.807) is 6.20 Å². The fourth-order valence-corrected chi connectivity index (χ4v) is 1.81. The highest BCUT2D eigenvalue weighted by molar-refractivity contribution is 5.76. The summed E-state index contributed by atoms with van der Waals surface area (Å²) in [5.41, 5.74) is 6.62. The molecule has 2 unspecified atom stereocenters. The normalized spacial score (nSPS) is 14.2. The number of pyridine rings is 1. The number of aromatic nitrogens is 1. The lowest BCUT2D eigenvalue weighted by molar-refractivity contribution is -0.123. The Balaban J connectivity index is 2.31. The first-order chi connectivity index (χ1) is 8.99. The quantitative estimate of drug-likeness (QED) is 0.681. The van der Waals surface area contributed by atoms with Crippen molar-refractivity contribution in [3.05, 3.63) is 30.1 Å². The van der Waals surface area contributed by atoms with Crippen molar-refractivity contribution < 1.29 is 9.90 Å². The maximum atomic E-state index is 11.7. The molecule has 0 aliphatic heterocycles. The van der Waals surface area contributed by atoms with Gasteiger partial charge in [0, 0.05) is 12.2 Å². The summed E-state index contributed by atoms with van der Waals surface area (Å²) in [5.74, 6) is 0.193. The number of aliphatic hydroxyl groups excluding tert-OH is 1. The van der Waals surface area contributed by atoms with Gasteiger partial charge in [0.05, 0.1) is 24.8 Å². The lowest BCUT2D eigenvalue weighted by atomic mass is 9.98. The first kappa shape index (κ1) is 15.6. The third-order valence-electron chi connectivity index (χ3n) is 2.83. The topological polar surface area (TPSA) is 88.2 Å². The zero-order chi connectivity index (χ0) is 14.3. The zero-order valence-corrected chi connectivity index (χ0v) is 11.5. The Bertz CT molecular complexity index is 382. The molecule has 0 saturated carbocycles. The van der Waals surface area contributed by atoms with Gasteiger partial charge < -0.3 is 16.2 Å². The molecule has 1 amide bonds. The SMILES string of the molecule is CC(C)CC(N)C(O)CC(=O)NCc1ccccn1. The second-order valence-electron chi connectivity index (χ2n) is 5.16. The van der Waals surface area contributed by atoms with Gasteiger partial charge in [0.25, 0.3) is 0 Å². The van der Waals surface area contributed by atoms with E-state index in [0.717, 1.165) is 5.69 Å². The molecule has 5 heteroatoms. The minimum Gasteiger partial charge on any atom is -0.391 e. The maximum absolute atomic E-state index is 11.7. The van der Waals surface area contributed by atoms with Gasteiger partial charge in [-0.15, -0.1) is 0 Å². The van der Waals surface area contributed by atoms with Crippen LogP contribution >= 0.6 is 0 Å². The third kappa shape index (κ3) is 6.31. The summed E-state index contributed by atoms with van der Waals surface area (Å²) < 4.78 is 0. The minimum atomic E-state index is -0.800. The second-order valence-corrected chi connectivity index (χ2v) is 5.16. The van der Waals surface area contributed by atoms with Crippen LogP contribution in [0.25, 0.3) is 0 Å². The summed E-state index contributed by atoms with van der Waals surface area (Å²) >= 11 is 0. The van der Waals surface area contributed by atoms with Crippen LogP contribution in [0.1, 0.15) is 32.4 Å². The molecule has 0 radical (unpaired) electrons. The molecule has 0 saturated heterocycles. The number of hydrogen-bond donors (Lipinski definition) is 3. The van der Waals surface area contributed by atoms with Crippen LogP contribution in [0.2, 0.25) is 0 Å². The van der Waals surface area contributed by atoms with Crippen molar-refractivity contribution in [3.63, 3.8) is 0 Å². The number of nitrogens with one attached hydrogen (secondary N) is 1. The van der Waals surface area contributed by atoms with Crippen LogP contribution in [0.3, 0.4) is 0 Å². The molecule has 0 fully saturated rings. The monoisotopic (exact) mass is 265 g/mol. The van der Waals surface area contributed by atoms with Gasteiger partial charge in [-0.3, -0.25) is 9.78 Å². The van der Waals surface area contributed by atoms with Gasteiger partial charge in [-0.25, -0.2) is 0 Å². The van der Waals surface area contributed by atoms with Crippen LogP contribution in [-0.4, -0.2) is 28.1 Å². The fraction of sp³-hybridized carbons (Fsp3) is 0.571. The van der Waals surface area contributed by atoms with Crippen molar-refractivity contribution in [2.45, 2.75) is 45.4 Å². The van der Waals surface area contributed by atoms with Crippen LogP contribution in [-0.2, 0) is 11.3 Å². The van der Waals surface area contributed by atoms with Crippen LogP contribution in [0, 0.1) is 5.92 Å². The van der Waals surface area contributed by atoms with Crippen molar-refractivity contribution >= 4 is 5.91 Å². The molecule has 5 nitrogen and oxygen atoms in total. The van der Waals surface area contributed by atoms with E-state index in [0.29, 0.717) is 18.9 Å². The van der Waals surface area contributed by atoms with Crippen molar-refractivity contribution in [1.29, 1.82) is 0 Å². The van der Waals surface area contributed by atoms with Gasteiger partial charge in [0.2, 0.25) is 5.91 Å². The average Bonchev–Trinajstić information content (AvgIpc) is 2.36. The molecule has 1 heterocycles. The van der Waals surface area contributed by atoms with Gasteiger partial charge in [0.1, 0.15) is 0 Å². The standard InChI is InChI=1S/C14H23N3O2/c1-10(2)7-12(15)13(18)8-14(19)17-9-11-5-3-4-6-16-11/h3-6,10,12-13,18H,7-9,15H2,1-2H3,(H,17,19). The predicted molar refractivity (Wildman–Crippen MR) is 74.1 cm³/mol. The highest BCUT2D eigenvalue weighted by Crippen LogP contribution is 2.08. The van der Waals surface area contributed by atoms with Gasteiger partial charge in [-0.05, 0) is 24.5 Å². The van der Waals surface area contributed by atoms with E-state index >= 15 is 0 Å². The zero-order valence-electron chi connectivity index (χ0n) is 11.5. The molecule has 2 atom stereocenters. The molecule has 0 spiro atoms. The molecule has 1 rings (SSSR count). The summed E-state index contributed by atoms with van der Waals surface area (Å²) in [6.45, 7) is 4.44. The van der Waals surface area contributed by atoms with Gasteiger partial charge in [-0.2, -0.15) is 0 Å². The van der Waals surface area contributed by atoms with Crippen LogP contribution in [0.15, 0.2) is 24.4 Å². The molecule has 4 N–H and O–H groups in total. The van der Waals surface area contributed by atoms with Crippen LogP contribution < -0.4 is 11.1 Å². The Morgan fingerprint density at radius 2 is 2.21 bits per heavy atom. The first-order valence-electron chi connectivity index (χ1n) is 6.59. The van der Waals surface area contributed by atoms with E-state index in [1.807, 2.05) is 32.0 Å². The lowest BCUT2D eigenvalue weighted by Crippen LogP contribution is -2.39. The second kappa shape index (κ2) is 7.86. The molecule has 106 valence electrons. The number of rotatable bonds is 7. The highest BCUT2D eigenvalue weighted by atomic mass is 16.3. The number of hydrogen-bond acceptors (Lipinski definition) is 4. The van der Waals surface area contributed by atoms with Gasteiger partial charge >= 0.3 is 0 Å². The van der Waals surface area contributed by atoms with Crippen LogP contribution in [0.5, 0.6) is 0 Å². The number of carbonyl (C=O) groups is 1. The lowest BCUT2D eigenvalue weighted by Gasteiger charge is -2.20. The number of nitrogens with zero attached hydrogens (tertiary/aromatic N) is 1. The minimum absolute atomic E-state index is 0.0285. The molecule has 1 aromatic heterocycles. The predicted octanol–water partition coefficient (Wildman–Crippen LogP) is 0.822. The van der Waals surface area contributed by atoms with Crippen molar-refractivity contribution in [1.82, 2.24) is 10.3 Å². The Morgan fingerprint density at radius 3 is 2.79 bits per heavy atom. The molecule has 0 aliphatic carbocycles. The van der Waals surface area contributed by atoms with E-state index in [4.69, 9.17) is 5.73 Å². The Labute approximate surface area is 114 Å². The molecule has 0 bridgehead atoms. The number of carbonyl (C=O) groups excluding carboxylic acids is 1. The van der Waals surface area contributed by atoms with Crippen molar-refractivity contribution in [2.24, 2.45) is 11.7 Å². The fourth-order valence-electron chi connectivity index (χ4n) is 1.81. The summed E-state index contributed by atoms with van der Waals surface area (Å²) in [5, 5.41) is 12.6. The average molecular weight is 265 g/mol. The number of amides is 1. The molecular formula is C14H23N3O2. The smallest absolute Gasteiger partial charge is 0.222 e. The van der Waals surface area contributed by atoms with Crippen LogP contribution in [0.4, 0.5) is 0 Å². The van der Waals surface area contributed by atoms with E-state index < -0.39 is 6.10 Å². The Morgan fingerprint density at radius 1 is 1.47 bits per heavy atom. The Kier molecular flexibility index (Phi) is 6.45. The Hall–Kier alpha value is -1.46. The van der Waals surface area contributed by atoms with Gasteiger partial charge in [0.15, 0.2) is 0 Å². The molecule has 1 aromatic rings. The van der Waals surface area contributed by atoms with E-state index in [1.165, 1.54) is 0 Å². The van der Waals surface area contributed by atoms with E-state index in [2.05, 4.69) is 10.3 Å². The molecule has 0 aliphatic rings. The third-order valence-corrected chi connectivity index (χ3v) is 2.83. The molecule has 0 aromatic carbocycles. The van der Waals surface area contributed by atoms with E-state index in [-0.39, 0.29) is 18.4 Å². The maximum Gasteiger partial charge on any atom is 0.222 e. The highest BCUT2D eigenvalue weighted by Gasteiger charge is 2.19. The van der Waals surface area contributed by atoms with Crippen molar-refractivity contribution in [3.8, 4) is 0 Å². The molecular weight excluding hydrogens is 242 g/mol. The number of aliphatic hydroxyl groups is 1. The summed E-state index contributed by atoms with van der Waals surface area (Å²) in [7, 11) is 0. The largest absolute Gasteiger partial charge is 0.391 e. The number of nitrogens with two attached hydrogens (primary N) is 1.